The lowest BCUT2D eigenvalue weighted by Gasteiger charge is -2.19. The van der Waals surface area contributed by atoms with E-state index in [1.807, 2.05) is 0 Å². The van der Waals surface area contributed by atoms with E-state index in [0.717, 1.165) is 0 Å². The number of hydrogen-bond acceptors (Lipinski definition) is 3. The second-order valence-electron chi connectivity index (χ2n) is 3.05. The van der Waals surface area contributed by atoms with E-state index >= 15 is 0 Å². The van der Waals surface area contributed by atoms with Gasteiger partial charge in [-0.15, -0.1) is 0 Å². The van der Waals surface area contributed by atoms with Gasteiger partial charge in [-0.25, -0.2) is 4.79 Å². The molecule has 0 bridgehead atoms. The van der Waals surface area contributed by atoms with Crippen molar-refractivity contribution in [1.29, 1.82) is 0 Å². The Balaban J connectivity index is 2.68. The molecule has 16 heavy (non-hydrogen) atoms. The van der Waals surface area contributed by atoms with E-state index in [1.165, 1.54) is 5.32 Å². The van der Waals surface area contributed by atoms with Crippen molar-refractivity contribution in [3.63, 3.8) is 0 Å². The average molecular weight is 247 g/mol. The zero-order valence-electron chi connectivity index (χ0n) is 7.61. The fourth-order valence-electron chi connectivity index (χ4n) is 1.00. The van der Waals surface area contributed by atoms with Crippen molar-refractivity contribution in [3.8, 4) is 0 Å². The molecule has 92 valence electrons. The van der Waals surface area contributed by atoms with Crippen molar-refractivity contribution in [2.24, 2.45) is 0 Å². The molecule has 1 rings (SSSR count). The third-order valence-corrected chi connectivity index (χ3v) is 1.88. The van der Waals surface area contributed by atoms with Crippen LogP contribution in [-0.2, 0) is 14.3 Å². The molecule has 4 nitrogen and oxygen atoms in total. The molecule has 0 unspecified atom stereocenters. The summed E-state index contributed by atoms with van der Waals surface area (Å²) in [4.78, 5) is 21.3. The van der Waals surface area contributed by atoms with Crippen LogP contribution in [0.15, 0.2) is 0 Å². The third-order valence-electron chi connectivity index (χ3n) is 1.88. The molecule has 1 aliphatic rings. The van der Waals surface area contributed by atoms with Crippen LogP contribution in [0.3, 0.4) is 0 Å². The summed E-state index contributed by atoms with van der Waals surface area (Å²) < 4.78 is 64.3. The quantitative estimate of drug-likeness (QED) is 0.574. The normalized spacial score (nSPS) is 21.8. The minimum Gasteiger partial charge on any atom is -0.464 e. The number of alkyl halides is 5. The van der Waals surface area contributed by atoms with Gasteiger partial charge in [0.15, 0.2) is 0 Å². The number of hydrogen-bond donors (Lipinski definition) is 1. The maximum absolute atomic E-state index is 12.4. The maximum atomic E-state index is 12.4. The van der Waals surface area contributed by atoms with E-state index in [-0.39, 0.29) is 13.0 Å². The molecule has 1 N–H and O–H groups in total. The Labute approximate surface area is 85.7 Å². The fraction of sp³-hybridized carbons (Fsp3) is 0.714. The summed E-state index contributed by atoms with van der Waals surface area (Å²) in [5.41, 5.74) is 0. The highest BCUT2D eigenvalue weighted by Gasteiger charge is 2.63. The number of nitrogens with one attached hydrogen (secondary N) is 1. The molecular weight excluding hydrogens is 241 g/mol. The lowest BCUT2D eigenvalue weighted by atomic mass is 10.2. The van der Waals surface area contributed by atoms with Crippen LogP contribution in [-0.4, -0.2) is 36.6 Å². The first-order valence-corrected chi connectivity index (χ1v) is 4.08. The van der Waals surface area contributed by atoms with Crippen molar-refractivity contribution in [1.82, 2.24) is 5.32 Å². The molecule has 0 spiro atoms. The Morgan fingerprint density at radius 2 is 1.88 bits per heavy atom. The minimum absolute atomic E-state index is 0.124. The third kappa shape index (κ3) is 2.22. The van der Waals surface area contributed by atoms with Crippen LogP contribution in [0.4, 0.5) is 22.0 Å². The van der Waals surface area contributed by atoms with Gasteiger partial charge >= 0.3 is 24.0 Å². The number of ether oxygens (including phenoxy) is 1. The van der Waals surface area contributed by atoms with Crippen LogP contribution in [0.2, 0.25) is 0 Å². The van der Waals surface area contributed by atoms with E-state index < -0.39 is 30.0 Å². The summed E-state index contributed by atoms with van der Waals surface area (Å²) in [6.45, 7) is -0.124. The van der Waals surface area contributed by atoms with Gasteiger partial charge in [-0.05, 0) is 0 Å². The lowest BCUT2D eigenvalue weighted by Crippen LogP contribution is -2.53. The van der Waals surface area contributed by atoms with Gasteiger partial charge in [0.25, 0.3) is 0 Å². The van der Waals surface area contributed by atoms with E-state index in [9.17, 15) is 31.5 Å². The van der Waals surface area contributed by atoms with Crippen molar-refractivity contribution in [2.75, 3.05) is 6.61 Å². The number of cyclic esters (lactones) is 1. The molecule has 1 heterocycles. The van der Waals surface area contributed by atoms with Crippen molar-refractivity contribution < 1.29 is 36.3 Å². The van der Waals surface area contributed by atoms with Crippen LogP contribution < -0.4 is 5.32 Å². The predicted octanol–water partition coefficient (Wildman–Crippen LogP) is 0.616. The molecule has 0 aromatic heterocycles. The summed E-state index contributed by atoms with van der Waals surface area (Å²) in [6, 6.07) is -1.44. The molecule has 1 atom stereocenters. The van der Waals surface area contributed by atoms with Crippen LogP contribution in [0.1, 0.15) is 6.42 Å². The zero-order valence-corrected chi connectivity index (χ0v) is 7.61. The molecule has 0 saturated carbocycles. The Morgan fingerprint density at radius 1 is 1.31 bits per heavy atom. The molecule has 0 aromatic carbocycles. The Bertz CT molecular complexity index is 314. The van der Waals surface area contributed by atoms with Gasteiger partial charge in [0.2, 0.25) is 0 Å². The summed E-state index contributed by atoms with van der Waals surface area (Å²) in [6.07, 6.45) is -6.11. The Morgan fingerprint density at radius 3 is 2.25 bits per heavy atom. The predicted molar refractivity (Wildman–Crippen MR) is 38.5 cm³/mol. The number of carbonyl (C=O) groups is 2. The van der Waals surface area contributed by atoms with Gasteiger partial charge in [-0.1, -0.05) is 0 Å². The highest BCUT2D eigenvalue weighted by molar-refractivity contribution is 5.89. The molecule has 9 heteroatoms. The van der Waals surface area contributed by atoms with Crippen LogP contribution in [0.25, 0.3) is 0 Å². The molecule has 0 aromatic rings. The number of amides is 1. The maximum Gasteiger partial charge on any atom is 0.463 e. The van der Waals surface area contributed by atoms with Crippen molar-refractivity contribution >= 4 is 11.9 Å². The van der Waals surface area contributed by atoms with E-state index in [2.05, 4.69) is 4.74 Å². The Hall–Kier alpha value is -1.41. The summed E-state index contributed by atoms with van der Waals surface area (Å²) >= 11 is 0. The van der Waals surface area contributed by atoms with E-state index in [1.54, 1.807) is 0 Å². The number of halogens is 5. The number of carbonyl (C=O) groups excluding carboxylic acids is 2. The van der Waals surface area contributed by atoms with Gasteiger partial charge in [0, 0.05) is 6.42 Å². The molecule has 0 aliphatic carbocycles. The van der Waals surface area contributed by atoms with Crippen LogP contribution in [0.5, 0.6) is 0 Å². The number of esters is 1. The van der Waals surface area contributed by atoms with Crippen LogP contribution in [0, 0.1) is 0 Å². The van der Waals surface area contributed by atoms with Gasteiger partial charge in [0.1, 0.15) is 6.04 Å². The SMILES string of the molecule is O=C1OCC[C@@H]1NC(=O)C(F)(F)C(F)(F)F. The van der Waals surface area contributed by atoms with Gasteiger partial charge in [-0.3, -0.25) is 4.79 Å². The first-order valence-electron chi connectivity index (χ1n) is 4.08. The molecule has 1 aliphatic heterocycles. The Kier molecular flexibility index (Phi) is 3.06. The molecule has 0 radical (unpaired) electrons. The van der Waals surface area contributed by atoms with E-state index in [4.69, 9.17) is 0 Å². The summed E-state index contributed by atoms with van der Waals surface area (Å²) in [7, 11) is 0. The smallest absolute Gasteiger partial charge is 0.463 e. The minimum atomic E-state index is -5.99. The van der Waals surface area contributed by atoms with Gasteiger partial charge < -0.3 is 10.1 Å². The van der Waals surface area contributed by atoms with Crippen LogP contribution >= 0.6 is 0 Å². The zero-order chi connectivity index (χ0) is 12.6. The van der Waals surface area contributed by atoms with Crippen molar-refractivity contribution in [3.05, 3.63) is 0 Å². The lowest BCUT2D eigenvalue weighted by molar-refractivity contribution is -0.270. The number of rotatable bonds is 2. The van der Waals surface area contributed by atoms with Gasteiger partial charge in [0.05, 0.1) is 6.61 Å². The first-order chi connectivity index (χ1) is 7.16. The molecule has 1 saturated heterocycles. The first kappa shape index (κ1) is 12.7. The van der Waals surface area contributed by atoms with Gasteiger partial charge in [-0.2, -0.15) is 22.0 Å². The molecular formula is C7H6F5NO3. The van der Waals surface area contributed by atoms with Crippen molar-refractivity contribution in [2.45, 2.75) is 24.6 Å². The topological polar surface area (TPSA) is 55.4 Å². The molecule has 1 fully saturated rings. The second kappa shape index (κ2) is 3.87. The summed E-state index contributed by atoms with van der Waals surface area (Å²) in [5, 5.41) is 1.29. The second-order valence-corrected chi connectivity index (χ2v) is 3.05. The average Bonchev–Trinajstić information content (AvgIpc) is 2.49. The molecule has 1 amide bonds. The fourth-order valence-corrected chi connectivity index (χ4v) is 1.00. The monoisotopic (exact) mass is 247 g/mol. The summed E-state index contributed by atoms with van der Waals surface area (Å²) in [5.74, 6) is -9.09. The largest absolute Gasteiger partial charge is 0.464 e. The van der Waals surface area contributed by atoms with E-state index in [0.29, 0.717) is 0 Å². The highest BCUT2D eigenvalue weighted by Crippen LogP contribution is 2.35. The standard InChI is InChI=1S/C7H6F5NO3/c8-6(9,7(10,11)12)5(15)13-3-1-2-16-4(3)14/h3H,1-2H2,(H,13,15)/t3-/m0/s1. The highest BCUT2D eigenvalue weighted by atomic mass is 19.4.